The standard InChI is InChI=1S/C16H25ClN2O2/c1-4-18-12(2)13-5-6-16(15(17)9-13)21-11-14-10-19(3)7-8-20-14/h5-6,9,12,14,18H,4,7-8,10-11H2,1-3H3. The number of ether oxygens (including phenoxy) is 2. The van der Waals surface area contributed by atoms with Crippen LogP contribution in [-0.4, -0.2) is 50.9 Å². The Balaban J connectivity index is 1.91. The lowest BCUT2D eigenvalue weighted by molar-refractivity contribution is -0.0403. The number of hydrogen-bond acceptors (Lipinski definition) is 4. The number of rotatable bonds is 6. The predicted molar refractivity (Wildman–Crippen MR) is 86.3 cm³/mol. The van der Waals surface area contributed by atoms with Crippen LogP contribution in [0.1, 0.15) is 25.5 Å². The van der Waals surface area contributed by atoms with Gasteiger partial charge in [0.15, 0.2) is 0 Å². The molecule has 1 aliphatic heterocycles. The molecular formula is C16H25ClN2O2. The molecule has 0 saturated carbocycles. The second kappa shape index (κ2) is 7.99. The number of halogens is 1. The molecule has 2 rings (SSSR count). The summed E-state index contributed by atoms with van der Waals surface area (Å²) in [6.45, 7) is 8.33. The molecule has 0 amide bonds. The summed E-state index contributed by atoms with van der Waals surface area (Å²) in [4.78, 5) is 2.25. The zero-order valence-electron chi connectivity index (χ0n) is 13.1. The van der Waals surface area contributed by atoms with Gasteiger partial charge in [-0.25, -0.2) is 0 Å². The van der Waals surface area contributed by atoms with Gasteiger partial charge in [-0.2, -0.15) is 0 Å². The van der Waals surface area contributed by atoms with Gasteiger partial charge in [-0.1, -0.05) is 24.6 Å². The highest BCUT2D eigenvalue weighted by Crippen LogP contribution is 2.28. The number of hydrogen-bond donors (Lipinski definition) is 1. The molecule has 1 N–H and O–H groups in total. The molecule has 2 unspecified atom stereocenters. The Kier molecular flexibility index (Phi) is 6.30. The molecule has 4 nitrogen and oxygen atoms in total. The summed E-state index contributed by atoms with van der Waals surface area (Å²) in [5.74, 6) is 0.723. The Labute approximate surface area is 132 Å². The van der Waals surface area contributed by atoms with Crippen LogP contribution in [0.4, 0.5) is 0 Å². The van der Waals surface area contributed by atoms with Gasteiger partial charge in [0.05, 0.1) is 11.6 Å². The maximum Gasteiger partial charge on any atom is 0.138 e. The van der Waals surface area contributed by atoms with Gasteiger partial charge in [0.1, 0.15) is 18.5 Å². The number of nitrogens with one attached hydrogen (secondary N) is 1. The number of morpholine rings is 1. The molecule has 1 saturated heterocycles. The predicted octanol–water partition coefficient (Wildman–Crippen LogP) is 2.72. The molecular weight excluding hydrogens is 288 g/mol. The maximum atomic E-state index is 6.32. The molecule has 2 atom stereocenters. The van der Waals surface area contributed by atoms with Gasteiger partial charge in [0, 0.05) is 19.1 Å². The van der Waals surface area contributed by atoms with Crippen molar-refractivity contribution in [3.8, 4) is 5.75 Å². The lowest BCUT2D eigenvalue weighted by Gasteiger charge is -2.29. The zero-order chi connectivity index (χ0) is 15.2. The SMILES string of the molecule is CCNC(C)c1ccc(OCC2CN(C)CCO2)c(Cl)c1. The smallest absolute Gasteiger partial charge is 0.138 e. The first-order valence-electron chi connectivity index (χ1n) is 7.56. The normalized spacial score (nSPS) is 21.2. The number of nitrogens with zero attached hydrogens (tertiary/aromatic N) is 1. The third kappa shape index (κ3) is 4.85. The van der Waals surface area contributed by atoms with E-state index in [2.05, 4.69) is 37.2 Å². The van der Waals surface area contributed by atoms with E-state index in [4.69, 9.17) is 21.1 Å². The van der Waals surface area contributed by atoms with Gasteiger partial charge >= 0.3 is 0 Å². The molecule has 1 heterocycles. The summed E-state index contributed by atoms with van der Waals surface area (Å²) >= 11 is 6.32. The largest absolute Gasteiger partial charge is 0.489 e. The van der Waals surface area contributed by atoms with Crippen molar-refractivity contribution in [1.82, 2.24) is 10.2 Å². The lowest BCUT2D eigenvalue weighted by atomic mass is 10.1. The van der Waals surface area contributed by atoms with E-state index >= 15 is 0 Å². The zero-order valence-corrected chi connectivity index (χ0v) is 13.8. The van der Waals surface area contributed by atoms with E-state index in [0.717, 1.165) is 32.0 Å². The van der Waals surface area contributed by atoms with Crippen LogP contribution >= 0.6 is 11.6 Å². The fourth-order valence-electron chi connectivity index (χ4n) is 2.48. The summed E-state index contributed by atoms with van der Waals surface area (Å²) in [6, 6.07) is 6.26. The van der Waals surface area contributed by atoms with Crippen molar-refractivity contribution in [2.45, 2.75) is 26.0 Å². The van der Waals surface area contributed by atoms with Gasteiger partial charge in [0.25, 0.3) is 0 Å². The van der Waals surface area contributed by atoms with Crippen LogP contribution in [0.3, 0.4) is 0 Å². The van der Waals surface area contributed by atoms with Gasteiger partial charge in [-0.15, -0.1) is 0 Å². The molecule has 0 aromatic heterocycles. The summed E-state index contributed by atoms with van der Waals surface area (Å²) in [6.07, 6.45) is 0.111. The fourth-order valence-corrected chi connectivity index (χ4v) is 2.72. The van der Waals surface area contributed by atoms with E-state index in [0.29, 0.717) is 11.6 Å². The third-order valence-electron chi connectivity index (χ3n) is 3.73. The topological polar surface area (TPSA) is 33.7 Å². The van der Waals surface area contributed by atoms with Gasteiger partial charge < -0.3 is 19.7 Å². The van der Waals surface area contributed by atoms with Crippen molar-refractivity contribution in [3.05, 3.63) is 28.8 Å². The summed E-state index contributed by atoms with van der Waals surface area (Å²) in [5, 5.41) is 4.03. The molecule has 1 aliphatic rings. The molecule has 0 spiro atoms. The lowest BCUT2D eigenvalue weighted by Crippen LogP contribution is -2.42. The van der Waals surface area contributed by atoms with Crippen molar-refractivity contribution >= 4 is 11.6 Å². The Morgan fingerprint density at radius 3 is 3.00 bits per heavy atom. The van der Waals surface area contributed by atoms with Gasteiger partial charge in [0.2, 0.25) is 0 Å². The van der Waals surface area contributed by atoms with Crippen molar-refractivity contribution in [2.24, 2.45) is 0 Å². The number of likely N-dealkylation sites (N-methyl/N-ethyl adjacent to an activating group) is 1. The van der Waals surface area contributed by atoms with E-state index in [1.54, 1.807) is 0 Å². The Hall–Kier alpha value is -0.810. The van der Waals surface area contributed by atoms with Gasteiger partial charge in [-0.3, -0.25) is 0 Å². The monoisotopic (exact) mass is 312 g/mol. The average Bonchev–Trinajstić information content (AvgIpc) is 2.46. The van der Waals surface area contributed by atoms with E-state index in [-0.39, 0.29) is 12.1 Å². The first kappa shape index (κ1) is 16.6. The van der Waals surface area contributed by atoms with E-state index in [9.17, 15) is 0 Å². The second-order valence-electron chi connectivity index (χ2n) is 5.54. The van der Waals surface area contributed by atoms with Crippen LogP contribution in [0, 0.1) is 0 Å². The Morgan fingerprint density at radius 1 is 1.52 bits per heavy atom. The van der Waals surface area contributed by atoms with Crippen LogP contribution < -0.4 is 10.1 Å². The van der Waals surface area contributed by atoms with Crippen LogP contribution in [0.2, 0.25) is 5.02 Å². The molecule has 0 aliphatic carbocycles. The van der Waals surface area contributed by atoms with Crippen molar-refractivity contribution < 1.29 is 9.47 Å². The average molecular weight is 313 g/mol. The minimum Gasteiger partial charge on any atom is -0.489 e. The third-order valence-corrected chi connectivity index (χ3v) is 4.03. The highest BCUT2D eigenvalue weighted by atomic mass is 35.5. The number of benzene rings is 1. The molecule has 1 aromatic carbocycles. The van der Waals surface area contributed by atoms with E-state index in [1.807, 2.05) is 12.1 Å². The quantitative estimate of drug-likeness (QED) is 0.876. The fraction of sp³-hybridized carbons (Fsp3) is 0.625. The first-order valence-corrected chi connectivity index (χ1v) is 7.93. The highest BCUT2D eigenvalue weighted by molar-refractivity contribution is 6.32. The minimum atomic E-state index is 0.111. The summed E-state index contributed by atoms with van der Waals surface area (Å²) in [7, 11) is 2.10. The van der Waals surface area contributed by atoms with Gasteiger partial charge in [-0.05, 0) is 38.2 Å². The second-order valence-corrected chi connectivity index (χ2v) is 5.94. The van der Waals surface area contributed by atoms with Crippen LogP contribution in [-0.2, 0) is 4.74 Å². The molecule has 0 bridgehead atoms. The highest BCUT2D eigenvalue weighted by Gasteiger charge is 2.18. The van der Waals surface area contributed by atoms with Crippen molar-refractivity contribution in [1.29, 1.82) is 0 Å². The summed E-state index contributed by atoms with van der Waals surface area (Å²) in [5.41, 5.74) is 1.17. The minimum absolute atomic E-state index is 0.111. The van der Waals surface area contributed by atoms with Crippen molar-refractivity contribution in [2.75, 3.05) is 39.9 Å². The van der Waals surface area contributed by atoms with Crippen LogP contribution in [0.15, 0.2) is 18.2 Å². The molecule has 0 radical (unpaired) electrons. The Bertz CT molecular complexity index is 456. The molecule has 1 fully saturated rings. The molecule has 1 aromatic rings. The maximum absolute atomic E-state index is 6.32. The molecule has 21 heavy (non-hydrogen) atoms. The first-order chi connectivity index (χ1) is 10.1. The molecule has 118 valence electrons. The van der Waals surface area contributed by atoms with Crippen LogP contribution in [0.5, 0.6) is 5.75 Å². The van der Waals surface area contributed by atoms with E-state index < -0.39 is 0 Å². The van der Waals surface area contributed by atoms with Crippen LogP contribution in [0.25, 0.3) is 0 Å². The summed E-state index contributed by atoms with van der Waals surface area (Å²) < 4.78 is 11.5. The molecule has 5 heteroatoms. The van der Waals surface area contributed by atoms with E-state index in [1.165, 1.54) is 5.56 Å². The Morgan fingerprint density at radius 2 is 2.33 bits per heavy atom. The van der Waals surface area contributed by atoms with Crippen molar-refractivity contribution in [3.63, 3.8) is 0 Å².